The van der Waals surface area contributed by atoms with Crippen LogP contribution in [0.5, 0.6) is 5.75 Å². The second-order valence-corrected chi connectivity index (χ2v) is 3.69. The van der Waals surface area contributed by atoms with Gasteiger partial charge in [-0.1, -0.05) is 5.16 Å². The first-order valence-corrected chi connectivity index (χ1v) is 5.21. The number of amidine groups is 1. The van der Waals surface area contributed by atoms with Gasteiger partial charge in [-0.05, 0) is 23.8 Å². The highest BCUT2D eigenvalue weighted by Gasteiger charge is 2.14. The van der Waals surface area contributed by atoms with Crippen molar-refractivity contribution >= 4 is 11.7 Å². The van der Waals surface area contributed by atoms with Crippen molar-refractivity contribution in [2.45, 2.75) is 6.42 Å². The summed E-state index contributed by atoms with van der Waals surface area (Å²) in [6, 6.07) is 5.26. The fraction of sp³-hybridized carbons (Fsp3) is 0.273. The third-order valence-corrected chi connectivity index (χ3v) is 2.51. The van der Waals surface area contributed by atoms with Crippen LogP contribution in [0.3, 0.4) is 0 Å². The molecule has 0 aliphatic carbocycles. The first kappa shape index (κ1) is 11.3. The maximum absolute atomic E-state index is 11.7. The summed E-state index contributed by atoms with van der Waals surface area (Å²) in [4.78, 5) is 11.7. The highest BCUT2D eigenvalue weighted by molar-refractivity contribution is 5.97. The molecule has 6 heteroatoms. The summed E-state index contributed by atoms with van der Waals surface area (Å²) >= 11 is 0. The minimum atomic E-state index is -0.258. The number of nitrogens with zero attached hydrogens (tertiary/aromatic N) is 1. The van der Waals surface area contributed by atoms with Crippen LogP contribution in [0.25, 0.3) is 0 Å². The van der Waals surface area contributed by atoms with Gasteiger partial charge < -0.3 is 21.0 Å². The van der Waals surface area contributed by atoms with Crippen molar-refractivity contribution in [2.75, 3.05) is 13.2 Å². The minimum absolute atomic E-state index is 0.0168. The summed E-state index contributed by atoms with van der Waals surface area (Å²) in [7, 11) is 0. The lowest BCUT2D eigenvalue weighted by Gasteiger charge is -2.05. The van der Waals surface area contributed by atoms with Crippen molar-refractivity contribution in [3.05, 3.63) is 29.3 Å². The van der Waals surface area contributed by atoms with Gasteiger partial charge in [0.15, 0.2) is 5.84 Å². The number of benzene rings is 1. The molecule has 1 aliphatic heterocycles. The number of ether oxygens (including phenoxy) is 1. The van der Waals surface area contributed by atoms with Gasteiger partial charge >= 0.3 is 0 Å². The number of oxime groups is 1. The summed E-state index contributed by atoms with van der Waals surface area (Å²) in [6.07, 6.45) is 0.816. The van der Waals surface area contributed by atoms with E-state index in [9.17, 15) is 4.79 Å². The third-order valence-electron chi connectivity index (χ3n) is 2.51. The number of carbonyl (C=O) groups excluding carboxylic acids is 1. The summed E-state index contributed by atoms with van der Waals surface area (Å²) in [5, 5.41) is 13.7. The molecule has 0 unspecified atom stereocenters. The molecule has 0 saturated heterocycles. The van der Waals surface area contributed by atoms with Gasteiger partial charge in [-0.2, -0.15) is 0 Å². The Morgan fingerprint density at radius 3 is 3.18 bits per heavy atom. The number of amides is 1. The molecule has 90 valence electrons. The Bertz CT molecular complexity index is 471. The predicted molar refractivity (Wildman–Crippen MR) is 61.4 cm³/mol. The molecular formula is C11H13N3O3. The zero-order valence-corrected chi connectivity index (χ0v) is 9.14. The number of rotatable bonds is 3. The van der Waals surface area contributed by atoms with E-state index in [1.165, 1.54) is 0 Å². The van der Waals surface area contributed by atoms with E-state index in [0.29, 0.717) is 12.2 Å². The Morgan fingerprint density at radius 2 is 2.41 bits per heavy atom. The molecule has 0 fully saturated rings. The van der Waals surface area contributed by atoms with Crippen LogP contribution < -0.4 is 15.8 Å². The maximum Gasteiger partial charge on any atom is 0.251 e. The lowest BCUT2D eigenvalue weighted by molar-refractivity contribution is 0.0959. The molecule has 17 heavy (non-hydrogen) atoms. The van der Waals surface area contributed by atoms with E-state index in [0.717, 1.165) is 17.7 Å². The van der Waals surface area contributed by atoms with E-state index in [1.807, 2.05) is 0 Å². The molecule has 1 amide bonds. The topological polar surface area (TPSA) is 96.9 Å². The average Bonchev–Trinajstić information content (AvgIpc) is 2.82. The molecule has 1 aromatic rings. The fourth-order valence-electron chi connectivity index (χ4n) is 1.64. The number of nitrogens with two attached hydrogens (primary N) is 1. The Hall–Kier alpha value is -2.24. The number of hydrogen-bond acceptors (Lipinski definition) is 4. The van der Waals surface area contributed by atoms with Gasteiger partial charge in [0.05, 0.1) is 13.2 Å². The van der Waals surface area contributed by atoms with Crippen molar-refractivity contribution in [1.82, 2.24) is 5.32 Å². The molecule has 1 aromatic carbocycles. The van der Waals surface area contributed by atoms with Crippen LogP contribution in [0.4, 0.5) is 0 Å². The van der Waals surface area contributed by atoms with Crippen LogP contribution >= 0.6 is 0 Å². The largest absolute Gasteiger partial charge is 0.493 e. The summed E-state index contributed by atoms with van der Waals surface area (Å²) in [6.45, 7) is 0.674. The lowest BCUT2D eigenvalue weighted by atomic mass is 10.1. The monoisotopic (exact) mass is 235 g/mol. The summed E-state index contributed by atoms with van der Waals surface area (Å²) < 4.78 is 5.34. The first-order chi connectivity index (χ1) is 8.20. The number of nitrogens with one attached hydrogen (secondary N) is 1. The predicted octanol–water partition coefficient (Wildman–Crippen LogP) is 0.0977. The molecule has 0 radical (unpaired) electrons. The third kappa shape index (κ3) is 2.47. The van der Waals surface area contributed by atoms with Gasteiger partial charge in [0, 0.05) is 12.0 Å². The number of hydrogen-bond donors (Lipinski definition) is 3. The molecule has 4 N–H and O–H groups in total. The van der Waals surface area contributed by atoms with E-state index < -0.39 is 0 Å². The highest BCUT2D eigenvalue weighted by Crippen LogP contribution is 2.25. The van der Waals surface area contributed by atoms with Crippen LogP contribution in [0.2, 0.25) is 0 Å². The quantitative estimate of drug-likeness (QED) is 0.299. The Balaban J connectivity index is 2.05. The molecule has 0 bridgehead atoms. The standard InChI is InChI=1S/C11H13N3O3/c12-10(14-16)6-13-11(15)8-1-2-9-7(5-8)3-4-17-9/h1-2,5,16H,3-4,6H2,(H2,12,14)(H,13,15). The van der Waals surface area contributed by atoms with Gasteiger partial charge in [0.2, 0.25) is 0 Å². The van der Waals surface area contributed by atoms with Crippen molar-refractivity contribution in [1.29, 1.82) is 0 Å². The molecule has 2 rings (SSSR count). The molecular weight excluding hydrogens is 222 g/mol. The lowest BCUT2D eigenvalue weighted by Crippen LogP contribution is -2.33. The van der Waals surface area contributed by atoms with Gasteiger partial charge in [-0.3, -0.25) is 4.79 Å². The minimum Gasteiger partial charge on any atom is -0.493 e. The van der Waals surface area contributed by atoms with E-state index in [-0.39, 0.29) is 18.3 Å². The van der Waals surface area contributed by atoms with E-state index in [4.69, 9.17) is 15.7 Å². The normalized spacial score (nSPS) is 14.0. The zero-order chi connectivity index (χ0) is 12.3. The van der Waals surface area contributed by atoms with Crippen molar-refractivity contribution in [2.24, 2.45) is 10.9 Å². The van der Waals surface area contributed by atoms with Gasteiger partial charge in [0.25, 0.3) is 5.91 Å². The van der Waals surface area contributed by atoms with E-state index in [1.54, 1.807) is 18.2 Å². The van der Waals surface area contributed by atoms with Crippen molar-refractivity contribution in [3.8, 4) is 5.75 Å². The van der Waals surface area contributed by atoms with Gasteiger partial charge in [0.1, 0.15) is 5.75 Å². The Labute approximate surface area is 98.1 Å². The second kappa shape index (κ2) is 4.73. The van der Waals surface area contributed by atoms with E-state index >= 15 is 0 Å². The Kier molecular flexibility index (Phi) is 3.13. The molecule has 6 nitrogen and oxygen atoms in total. The number of carbonyl (C=O) groups is 1. The SMILES string of the molecule is NC(CNC(=O)c1ccc2c(c1)CCO2)=NO. The van der Waals surface area contributed by atoms with Gasteiger partial charge in [-0.15, -0.1) is 0 Å². The zero-order valence-electron chi connectivity index (χ0n) is 9.14. The molecule has 0 atom stereocenters. The first-order valence-electron chi connectivity index (χ1n) is 5.21. The maximum atomic E-state index is 11.7. The highest BCUT2D eigenvalue weighted by atomic mass is 16.5. The van der Waals surface area contributed by atoms with Crippen LogP contribution in [-0.4, -0.2) is 30.1 Å². The molecule has 0 aromatic heterocycles. The molecule has 0 spiro atoms. The molecule has 0 saturated carbocycles. The van der Waals surface area contributed by atoms with Crippen LogP contribution in [0.1, 0.15) is 15.9 Å². The van der Waals surface area contributed by atoms with Gasteiger partial charge in [-0.25, -0.2) is 0 Å². The Morgan fingerprint density at radius 1 is 1.59 bits per heavy atom. The number of fused-ring (bicyclic) bond motifs is 1. The molecule has 1 heterocycles. The van der Waals surface area contributed by atoms with Crippen LogP contribution in [-0.2, 0) is 6.42 Å². The van der Waals surface area contributed by atoms with Crippen LogP contribution in [0.15, 0.2) is 23.4 Å². The van der Waals surface area contributed by atoms with Crippen molar-refractivity contribution in [3.63, 3.8) is 0 Å². The summed E-state index contributed by atoms with van der Waals surface area (Å²) in [5.74, 6) is 0.534. The van der Waals surface area contributed by atoms with E-state index in [2.05, 4.69) is 10.5 Å². The smallest absolute Gasteiger partial charge is 0.251 e. The van der Waals surface area contributed by atoms with Crippen LogP contribution in [0, 0.1) is 0 Å². The summed E-state index contributed by atoms with van der Waals surface area (Å²) in [5.41, 5.74) is 6.83. The second-order valence-electron chi connectivity index (χ2n) is 3.69. The average molecular weight is 235 g/mol. The van der Waals surface area contributed by atoms with Crippen molar-refractivity contribution < 1.29 is 14.7 Å². The fourth-order valence-corrected chi connectivity index (χ4v) is 1.64. The molecule has 1 aliphatic rings.